The molecular formula is C21H20N2O2. The lowest BCUT2D eigenvalue weighted by molar-refractivity contribution is 0.0469. The molecule has 1 N–H and O–H groups in total. The highest BCUT2D eigenvalue weighted by atomic mass is 16.5. The SMILES string of the molecule is Cc1cccc(Nc2ccccc2C(=O)OCc2ccccn2)c1C. The second-order valence-electron chi connectivity index (χ2n) is 5.82. The molecule has 4 heteroatoms. The molecule has 0 spiro atoms. The Labute approximate surface area is 147 Å². The predicted molar refractivity (Wildman–Crippen MR) is 99.0 cm³/mol. The maximum Gasteiger partial charge on any atom is 0.340 e. The molecule has 0 bridgehead atoms. The smallest absolute Gasteiger partial charge is 0.340 e. The van der Waals surface area contributed by atoms with Crippen molar-refractivity contribution in [3.8, 4) is 0 Å². The number of aryl methyl sites for hydroxylation is 1. The van der Waals surface area contributed by atoms with Gasteiger partial charge in [0.25, 0.3) is 0 Å². The fourth-order valence-electron chi connectivity index (χ4n) is 2.50. The highest BCUT2D eigenvalue weighted by Crippen LogP contribution is 2.25. The molecule has 0 saturated carbocycles. The van der Waals surface area contributed by atoms with Gasteiger partial charge in [-0.2, -0.15) is 0 Å². The molecule has 3 rings (SSSR count). The zero-order valence-corrected chi connectivity index (χ0v) is 14.3. The second kappa shape index (κ2) is 7.62. The van der Waals surface area contributed by atoms with Crippen LogP contribution in [0.5, 0.6) is 0 Å². The quantitative estimate of drug-likeness (QED) is 0.682. The van der Waals surface area contributed by atoms with E-state index in [1.807, 2.05) is 48.5 Å². The molecule has 126 valence electrons. The van der Waals surface area contributed by atoms with Crippen molar-refractivity contribution < 1.29 is 9.53 Å². The fraction of sp³-hybridized carbons (Fsp3) is 0.143. The Hall–Kier alpha value is -3.14. The molecule has 4 nitrogen and oxygen atoms in total. The third kappa shape index (κ3) is 4.04. The minimum Gasteiger partial charge on any atom is -0.456 e. The maximum absolute atomic E-state index is 12.5. The molecular weight excluding hydrogens is 312 g/mol. The van der Waals surface area contributed by atoms with E-state index in [9.17, 15) is 4.79 Å². The molecule has 0 aliphatic rings. The molecule has 1 heterocycles. The van der Waals surface area contributed by atoms with Crippen LogP contribution in [0.4, 0.5) is 11.4 Å². The molecule has 2 aromatic carbocycles. The number of rotatable bonds is 5. The van der Waals surface area contributed by atoms with Crippen LogP contribution < -0.4 is 5.32 Å². The average molecular weight is 332 g/mol. The van der Waals surface area contributed by atoms with Crippen molar-refractivity contribution in [1.29, 1.82) is 0 Å². The van der Waals surface area contributed by atoms with Crippen LogP contribution in [0.1, 0.15) is 27.2 Å². The fourth-order valence-corrected chi connectivity index (χ4v) is 2.50. The highest BCUT2D eigenvalue weighted by molar-refractivity contribution is 5.96. The zero-order valence-electron chi connectivity index (χ0n) is 14.3. The summed E-state index contributed by atoms with van der Waals surface area (Å²) in [6.45, 7) is 4.27. The van der Waals surface area contributed by atoms with E-state index in [-0.39, 0.29) is 12.6 Å². The maximum atomic E-state index is 12.5. The standard InChI is InChI=1S/C21H20N2O2/c1-15-8-7-12-19(16(15)2)23-20-11-4-3-10-18(20)21(24)25-14-17-9-5-6-13-22-17/h3-13,23H,14H2,1-2H3. The first-order valence-corrected chi connectivity index (χ1v) is 8.14. The number of pyridine rings is 1. The normalized spacial score (nSPS) is 10.3. The molecule has 0 aliphatic heterocycles. The van der Waals surface area contributed by atoms with E-state index >= 15 is 0 Å². The van der Waals surface area contributed by atoms with Gasteiger partial charge < -0.3 is 10.1 Å². The van der Waals surface area contributed by atoms with Crippen molar-refractivity contribution in [2.24, 2.45) is 0 Å². The number of anilines is 2. The number of para-hydroxylation sites is 1. The minimum absolute atomic E-state index is 0.150. The first-order valence-electron chi connectivity index (χ1n) is 8.14. The number of esters is 1. The van der Waals surface area contributed by atoms with E-state index < -0.39 is 0 Å². The van der Waals surface area contributed by atoms with Crippen LogP contribution in [0, 0.1) is 13.8 Å². The van der Waals surface area contributed by atoms with Crippen molar-refractivity contribution in [2.75, 3.05) is 5.32 Å². The van der Waals surface area contributed by atoms with Gasteiger partial charge in [-0.1, -0.05) is 30.3 Å². The number of carbonyl (C=O) groups excluding carboxylic acids is 1. The summed E-state index contributed by atoms with van der Waals surface area (Å²) < 4.78 is 5.41. The van der Waals surface area contributed by atoms with Crippen LogP contribution in [-0.2, 0) is 11.3 Å². The Morgan fingerprint density at radius 3 is 2.52 bits per heavy atom. The Morgan fingerprint density at radius 2 is 1.72 bits per heavy atom. The van der Waals surface area contributed by atoms with E-state index in [0.717, 1.165) is 22.6 Å². The number of hydrogen-bond acceptors (Lipinski definition) is 4. The van der Waals surface area contributed by atoms with Gasteiger partial charge in [-0.3, -0.25) is 4.98 Å². The molecule has 0 radical (unpaired) electrons. The second-order valence-corrected chi connectivity index (χ2v) is 5.82. The van der Waals surface area contributed by atoms with E-state index in [0.29, 0.717) is 5.56 Å². The lowest BCUT2D eigenvalue weighted by Gasteiger charge is -2.14. The summed E-state index contributed by atoms with van der Waals surface area (Å²) in [6, 6.07) is 18.9. The Bertz CT molecular complexity index is 876. The molecule has 0 aliphatic carbocycles. The third-order valence-corrected chi connectivity index (χ3v) is 4.10. The lowest BCUT2D eigenvalue weighted by Crippen LogP contribution is -2.09. The summed E-state index contributed by atoms with van der Waals surface area (Å²) >= 11 is 0. The van der Waals surface area contributed by atoms with Crippen LogP contribution in [0.3, 0.4) is 0 Å². The summed E-state index contributed by atoms with van der Waals surface area (Å²) in [5.41, 5.74) is 5.27. The van der Waals surface area contributed by atoms with Crippen LogP contribution in [-0.4, -0.2) is 11.0 Å². The summed E-state index contributed by atoms with van der Waals surface area (Å²) in [5, 5.41) is 3.34. The number of ether oxygens (including phenoxy) is 1. The summed E-state index contributed by atoms with van der Waals surface area (Å²) in [6.07, 6.45) is 1.68. The van der Waals surface area contributed by atoms with Gasteiger partial charge in [0, 0.05) is 11.9 Å². The van der Waals surface area contributed by atoms with Gasteiger partial charge in [-0.25, -0.2) is 4.79 Å². The van der Waals surface area contributed by atoms with Crippen LogP contribution >= 0.6 is 0 Å². The van der Waals surface area contributed by atoms with E-state index in [4.69, 9.17) is 4.74 Å². The number of nitrogens with one attached hydrogen (secondary N) is 1. The van der Waals surface area contributed by atoms with Crippen LogP contribution in [0.15, 0.2) is 66.9 Å². The number of hydrogen-bond donors (Lipinski definition) is 1. The Kier molecular flexibility index (Phi) is 5.09. The largest absolute Gasteiger partial charge is 0.456 e. The van der Waals surface area contributed by atoms with Crippen LogP contribution in [0.2, 0.25) is 0 Å². The van der Waals surface area contributed by atoms with Gasteiger partial charge in [-0.15, -0.1) is 0 Å². The van der Waals surface area contributed by atoms with Gasteiger partial charge in [0.1, 0.15) is 6.61 Å². The first kappa shape index (κ1) is 16.7. The van der Waals surface area contributed by atoms with E-state index in [1.54, 1.807) is 12.3 Å². The Morgan fingerprint density at radius 1 is 0.960 bits per heavy atom. The predicted octanol–water partition coefficient (Wildman–Crippen LogP) is 4.80. The zero-order chi connectivity index (χ0) is 17.6. The summed E-state index contributed by atoms with van der Waals surface area (Å²) in [4.78, 5) is 16.7. The molecule has 0 unspecified atom stereocenters. The summed E-state index contributed by atoms with van der Waals surface area (Å²) in [5.74, 6) is -0.376. The van der Waals surface area contributed by atoms with E-state index in [2.05, 4.69) is 30.2 Å². The van der Waals surface area contributed by atoms with Crippen molar-refractivity contribution in [1.82, 2.24) is 4.98 Å². The van der Waals surface area contributed by atoms with Gasteiger partial charge in [-0.05, 0) is 55.3 Å². The van der Waals surface area contributed by atoms with Crippen molar-refractivity contribution in [3.05, 3.63) is 89.2 Å². The molecule has 1 aromatic heterocycles. The number of nitrogens with zero attached hydrogens (tertiary/aromatic N) is 1. The first-order chi connectivity index (χ1) is 12.1. The van der Waals surface area contributed by atoms with Gasteiger partial charge >= 0.3 is 5.97 Å². The third-order valence-electron chi connectivity index (χ3n) is 4.10. The monoisotopic (exact) mass is 332 g/mol. The van der Waals surface area contributed by atoms with Gasteiger partial charge in [0.05, 0.1) is 16.9 Å². The molecule has 0 amide bonds. The van der Waals surface area contributed by atoms with Gasteiger partial charge in [0.15, 0.2) is 0 Å². The van der Waals surface area contributed by atoms with Crippen molar-refractivity contribution in [3.63, 3.8) is 0 Å². The van der Waals surface area contributed by atoms with Crippen molar-refractivity contribution >= 4 is 17.3 Å². The van der Waals surface area contributed by atoms with Crippen LogP contribution in [0.25, 0.3) is 0 Å². The molecule has 0 atom stereocenters. The number of carbonyl (C=O) groups is 1. The molecule has 25 heavy (non-hydrogen) atoms. The number of benzene rings is 2. The average Bonchev–Trinajstić information content (AvgIpc) is 2.65. The van der Waals surface area contributed by atoms with Gasteiger partial charge in [0.2, 0.25) is 0 Å². The van der Waals surface area contributed by atoms with Crippen molar-refractivity contribution in [2.45, 2.75) is 20.5 Å². The molecule has 3 aromatic rings. The summed E-state index contributed by atoms with van der Waals surface area (Å²) in [7, 11) is 0. The minimum atomic E-state index is -0.376. The highest BCUT2D eigenvalue weighted by Gasteiger charge is 2.14. The number of aromatic nitrogens is 1. The molecule has 0 saturated heterocycles. The topological polar surface area (TPSA) is 51.2 Å². The Balaban J connectivity index is 1.78. The molecule has 0 fully saturated rings. The van der Waals surface area contributed by atoms with E-state index in [1.165, 1.54) is 5.56 Å². The lowest BCUT2D eigenvalue weighted by atomic mass is 10.1.